The smallest absolute Gasteiger partial charge is 0.208 e. The molecule has 0 saturated carbocycles. The normalized spacial score (nSPS) is 18.0. The van der Waals surface area contributed by atoms with E-state index in [1.54, 1.807) is 0 Å². The number of hydrogen-bond donors (Lipinski definition) is 3. The number of sulfonamides is 1. The van der Waals surface area contributed by atoms with Gasteiger partial charge in [-0.3, -0.25) is 9.89 Å². The fraction of sp³-hybridized carbons (Fsp3) is 0.800. The zero-order valence-corrected chi connectivity index (χ0v) is 15.4. The van der Waals surface area contributed by atoms with Crippen molar-refractivity contribution in [3.8, 4) is 0 Å². The molecule has 3 N–H and O–H groups in total. The molecule has 1 saturated heterocycles. The van der Waals surface area contributed by atoms with E-state index in [0.717, 1.165) is 51.2 Å². The van der Waals surface area contributed by atoms with Crippen LogP contribution in [0.2, 0.25) is 0 Å². The maximum atomic E-state index is 11.0. The van der Waals surface area contributed by atoms with E-state index in [0.29, 0.717) is 19.1 Å². The third kappa shape index (κ3) is 9.58. The topological polar surface area (TPSA) is 85.8 Å². The summed E-state index contributed by atoms with van der Waals surface area (Å²) in [5, 5.41) is 6.65. The summed E-state index contributed by atoms with van der Waals surface area (Å²) in [6, 6.07) is 0.400. The Balaban J connectivity index is 2.39. The lowest BCUT2D eigenvalue weighted by Gasteiger charge is -2.33. The summed E-state index contributed by atoms with van der Waals surface area (Å²) in [4.78, 5) is 6.84. The van der Waals surface area contributed by atoms with Gasteiger partial charge in [-0.2, -0.15) is 0 Å². The fourth-order valence-electron chi connectivity index (χ4n) is 2.53. The summed E-state index contributed by atoms with van der Waals surface area (Å²) in [6.45, 7) is 12.6. The molecule has 8 heteroatoms. The molecule has 1 fully saturated rings. The van der Waals surface area contributed by atoms with E-state index in [9.17, 15) is 8.42 Å². The molecule has 23 heavy (non-hydrogen) atoms. The average Bonchev–Trinajstić information content (AvgIpc) is 2.44. The number of piperidine rings is 1. The van der Waals surface area contributed by atoms with Gasteiger partial charge in [-0.25, -0.2) is 13.1 Å². The SMILES string of the molecule is C=C(C)CN1CCC(NC(=NCCNS(C)(=O)=O)NCC)CC1. The fourth-order valence-corrected chi connectivity index (χ4v) is 2.99. The molecule has 0 aliphatic carbocycles. The number of nitrogens with one attached hydrogen (secondary N) is 3. The molecule has 0 bridgehead atoms. The summed E-state index contributed by atoms with van der Waals surface area (Å²) in [5.41, 5.74) is 1.20. The summed E-state index contributed by atoms with van der Waals surface area (Å²) in [6.07, 6.45) is 3.29. The van der Waals surface area contributed by atoms with Gasteiger partial charge in [0, 0.05) is 38.8 Å². The largest absolute Gasteiger partial charge is 0.357 e. The highest BCUT2D eigenvalue weighted by molar-refractivity contribution is 7.88. The van der Waals surface area contributed by atoms with Crippen LogP contribution >= 0.6 is 0 Å². The van der Waals surface area contributed by atoms with E-state index >= 15 is 0 Å². The van der Waals surface area contributed by atoms with Gasteiger partial charge in [-0.1, -0.05) is 12.2 Å². The van der Waals surface area contributed by atoms with Gasteiger partial charge in [-0.05, 0) is 26.7 Å². The van der Waals surface area contributed by atoms with Crippen molar-refractivity contribution < 1.29 is 8.42 Å². The van der Waals surface area contributed by atoms with Crippen molar-refractivity contribution in [2.24, 2.45) is 4.99 Å². The summed E-state index contributed by atoms with van der Waals surface area (Å²) in [5.74, 6) is 0.751. The Morgan fingerprint density at radius 1 is 1.35 bits per heavy atom. The Morgan fingerprint density at radius 2 is 2.00 bits per heavy atom. The van der Waals surface area contributed by atoms with Crippen molar-refractivity contribution in [2.45, 2.75) is 32.7 Å². The van der Waals surface area contributed by atoms with Gasteiger partial charge in [0.2, 0.25) is 10.0 Å². The first-order valence-electron chi connectivity index (χ1n) is 8.16. The van der Waals surface area contributed by atoms with Crippen molar-refractivity contribution in [3.05, 3.63) is 12.2 Å². The molecule has 0 aromatic rings. The van der Waals surface area contributed by atoms with Crippen LogP contribution in [0.1, 0.15) is 26.7 Å². The van der Waals surface area contributed by atoms with Crippen LogP contribution < -0.4 is 15.4 Å². The number of hydrogen-bond acceptors (Lipinski definition) is 4. The van der Waals surface area contributed by atoms with Crippen LogP contribution in [0.25, 0.3) is 0 Å². The summed E-state index contributed by atoms with van der Waals surface area (Å²) < 4.78 is 24.5. The van der Waals surface area contributed by atoms with E-state index in [4.69, 9.17) is 0 Å². The molecule has 0 spiro atoms. The third-order valence-electron chi connectivity index (χ3n) is 3.51. The van der Waals surface area contributed by atoms with Gasteiger partial charge in [-0.15, -0.1) is 0 Å². The van der Waals surface area contributed by atoms with E-state index < -0.39 is 10.0 Å². The first-order chi connectivity index (χ1) is 10.8. The Morgan fingerprint density at radius 3 is 2.52 bits per heavy atom. The van der Waals surface area contributed by atoms with Crippen LogP contribution in [-0.4, -0.2) is 70.8 Å². The standard InChI is InChI=1S/C15H31N5O2S/c1-5-16-15(17-8-9-18-23(4,21)22)19-14-6-10-20(11-7-14)12-13(2)3/h14,18H,2,5-12H2,1,3-4H3,(H2,16,17,19). The van der Waals surface area contributed by atoms with Gasteiger partial charge in [0.15, 0.2) is 5.96 Å². The van der Waals surface area contributed by atoms with Crippen LogP contribution in [0, 0.1) is 0 Å². The van der Waals surface area contributed by atoms with Gasteiger partial charge in [0.05, 0.1) is 12.8 Å². The zero-order valence-electron chi connectivity index (χ0n) is 14.6. The van der Waals surface area contributed by atoms with Crippen molar-refractivity contribution in [2.75, 3.05) is 45.5 Å². The Kier molecular flexibility index (Phi) is 8.57. The predicted molar refractivity (Wildman–Crippen MR) is 96.2 cm³/mol. The second-order valence-electron chi connectivity index (χ2n) is 6.08. The highest BCUT2D eigenvalue weighted by Crippen LogP contribution is 2.11. The van der Waals surface area contributed by atoms with Gasteiger partial charge in [0.25, 0.3) is 0 Å². The van der Waals surface area contributed by atoms with Crippen LogP contribution in [0.3, 0.4) is 0 Å². The average molecular weight is 346 g/mol. The highest BCUT2D eigenvalue weighted by atomic mass is 32.2. The molecule has 0 atom stereocenters. The van der Waals surface area contributed by atoms with Crippen molar-refractivity contribution in [1.29, 1.82) is 0 Å². The minimum atomic E-state index is -3.15. The summed E-state index contributed by atoms with van der Waals surface area (Å²) in [7, 11) is -3.15. The molecule has 1 aliphatic rings. The minimum absolute atomic E-state index is 0.312. The number of guanidine groups is 1. The second kappa shape index (κ2) is 9.89. The molecule has 1 heterocycles. The molecule has 0 aromatic heterocycles. The highest BCUT2D eigenvalue weighted by Gasteiger charge is 2.19. The van der Waals surface area contributed by atoms with Gasteiger partial charge in [0.1, 0.15) is 0 Å². The van der Waals surface area contributed by atoms with Crippen molar-refractivity contribution in [1.82, 2.24) is 20.3 Å². The zero-order chi connectivity index (χ0) is 17.3. The van der Waals surface area contributed by atoms with Crippen molar-refractivity contribution in [3.63, 3.8) is 0 Å². The van der Waals surface area contributed by atoms with E-state index in [1.807, 2.05) is 6.92 Å². The van der Waals surface area contributed by atoms with E-state index in [1.165, 1.54) is 5.57 Å². The summed E-state index contributed by atoms with van der Waals surface area (Å²) >= 11 is 0. The lowest BCUT2D eigenvalue weighted by atomic mass is 10.0. The Hall–Kier alpha value is -1.12. The van der Waals surface area contributed by atoms with Crippen molar-refractivity contribution >= 4 is 16.0 Å². The minimum Gasteiger partial charge on any atom is -0.357 e. The molecule has 7 nitrogen and oxygen atoms in total. The molecule has 1 aliphatic heterocycles. The number of rotatable bonds is 8. The second-order valence-corrected chi connectivity index (χ2v) is 7.91. The molecular formula is C15H31N5O2S. The Labute approximate surface area is 140 Å². The number of nitrogens with zero attached hydrogens (tertiary/aromatic N) is 2. The molecule has 134 valence electrons. The van der Waals surface area contributed by atoms with E-state index in [-0.39, 0.29) is 0 Å². The monoisotopic (exact) mass is 345 g/mol. The first kappa shape index (κ1) is 19.9. The first-order valence-corrected chi connectivity index (χ1v) is 10.1. The predicted octanol–water partition coefficient (Wildman–Crippen LogP) is 0.131. The maximum Gasteiger partial charge on any atom is 0.208 e. The number of likely N-dealkylation sites (tertiary alicyclic amines) is 1. The molecule has 0 aromatic carbocycles. The van der Waals surface area contributed by atoms with Gasteiger partial charge < -0.3 is 10.6 Å². The Bertz CT molecular complexity index is 496. The molecule has 0 unspecified atom stereocenters. The van der Waals surface area contributed by atoms with Crippen LogP contribution in [0.5, 0.6) is 0 Å². The third-order valence-corrected chi connectivity index (χ3v) is 4.24. The lowest BCUT2D eigenvalue weighted by Crippen LogP contribution is -2.49. The maximum absolute atomic E-state index is 11.0. The number of aliphatic imine (C=N–C) groups is 1. The van der Waals surface area contributed by atoms with Crippen LogP contribution in [0.15, 0.2) is 17.1 Å². The molecular weight excluding hydrogens is 314 g/mol. The van der Waals surface area contributed by atoms with E-state index in [2.05, 4.69) is 38.8 Å². The molecule has 0 amide bonds. The lowest BCUT2D eigenvalue weighted by molar-refractivity contribution is 0.221. The quantitative estimate of drug-likeness (QED) is 0.252. The molecule has 1 rings (SSSR count). The van der Waals surface area contributed by atoms with Gasteiger partial charge >= 0.3 is 0 Å². The van der Waals surface area contributed by atoms with Crippen LogP contribution in [-0.2, 0) is 10.0 Å². The molecule has 0 radical (unpaired) electrons. The van der Waals surface area contributed by atoms with Crippen LogP contribution in [0.4, 0.5) is 0 Å².